The number of phenolic OH excluding ortho intramolecular Hbond substituents is 1. The van der Waals surface area contributed by atoms with Crippen LogP contribution in [-0.2, 0) is 4.74 Å². The molecular formula is C32H30F3N5O4. The van der Waals surface area contributed by atoms with Gasteiger partial charge >= 0.3 is 6.01 Å². The topological polar surface area (TPSA) is 93.1 Å². The minimum atomic E-state index is -0.930. The molecule has 2 aromatic carbocycles. The fraction of sp³-hybridized carbons (Fsp3) is 0.406. The van der Waals surface area contributed by atoms with Crippen LogP contribution in [0.3, 0.4) is 0 Å². The van der Waals surface area contributed by atoms with Crippen LogP contribution in [0.5, 0.6) is 17.6 Å². The Morgan fingerprint density at radius 2 is 2.00 bits per heavy atom. The van der Waals surface area contributed by atoms with Crippen LogP contribution in [-0.4, -0.2) is 82.9 Å². The molecular weight excluding hydrogens is 575 g/mol. The van der Waals surface area contributed by atoms with Crippen LogP contribution in [0.1, 0.15) is 24.8 Å². The highest BCUT2D eigenvalue weighted by molar-refractivity contribution is 6.05. The van der Waals surface area contributed by atoms with E-state index in [1.807, 2.05) is 16.8 Å². The molecule has 0 saturated carbocycles. The summed E-state index contributed by atoms with van der Waals surface area (Å²) in [7, 11) is 1.83. The molecule has 1 N–H and O–H groups in total. The molecule has 4 aromatic rings. The van der Waals surface area contributed by atoms with E-state index in [2.05, 4.69) is 16.5 Å². The molecule has 0 spiro atoms. The Morgan fingerprint density at radius 1 is 1.14 bits per heavy atom. The molecule has 0 radical (unpaired) electrons. The fourth-order valence-corrected chi connectivity index (χ4v) is 7.30. The molecule has 2 bridgehead atoms. The number of piperidine rings is 2. The van der Waals surface area contributed by atoms with Crippen molar-refractivity contribution in [3.63, 3.8) is 0 Å². The van der Waals surface area contributed by atoms with Crippen molar-refractivity contribution in [1.29, 1.82) is 0 Å². The normalized spacial score (nSPS) is 27.6. The Labute approximate surface area is 250 Å². The van der Waals surface area contributed by atoms with Gasteiger partial charge in [0.05, 0.1) is 19.3 Å². The van der Waals surface area contributed by atoms with Gasteiger partial charge < -0.3 is 24.2 Å². The van der Waals surface area contributed by atoms with Crippen LogP contribution >= 0.6 is 0 Å². The summed E-state index contributed by atoms with van der Waals surface area (Å²) < 4.78 is 64.7. The number of ether oxygens (including phenoxy) is 3. The van der Waals surface area contributed by atoms with Crippen LogP contribution in [0.15, 0.2) is 30.8 Å². The number of likely N-dealkylation sites (N-methyl/N-ethyl adjacent to an activating group) is 1. The van der Waals surface area contributed by atoms with Gasteiger partial charge in [0.2, 0.25) is 5.88 Å². The first-order valence-electron chi connectivity index (χ1n) is 14.8. The summed E-state index contributed by atoms with van der Waals surface area (Å²) in [6.07, 6.45) is 1.70. The van der Waals surface area contributed by atoms with Crippen molar-refractivity contribution >= 4 is 33.6 Å². The van der Waals surface area contributed by atoms with Gasteiger partial charge in [-0.2, -0.15) is 9.97 Å². The molecule has 6 atom stereocenters. The second-order valence-electron chi connectivity index (χ2n) is 12.0. The summed E-state index contributed by atoms with van der Waals surface area (Å²) in [6, 6.07) is 5.30. The van der Waals surface area contributed by atoms with E-state index in [0.29, 0.717) is 42.8 Å². The number of hydrogen-bond donors (Lipinski definition) is 1. The molecule has 9 nitrogen and oxygen atoms in total. The molecule has 2 aromatic heterocycles. The van der Waals surface area contributed by atoms with Gasteiger partial charge in [-0.1, -0.05) is 18.7 Å². The van der Waals surface area contributed by atoms with Gasteiger partial charge in [-0.25, -0.2) is 18.2 Å². The second-order valence-corrected chi connectivity index (χ2v) is 12.0. The molecule has 12 heteroatoms. The van der Waals surface area contributed by atoms with E-state index in [1.54, 1.807) is 0 Å². The molecule has 8 rings (SSSR count). The predicted octanol–water partition coefficient (Wildman–Crippen LogP) is 5.23. The van der Waals surface area contributed by atoms with Crippen LogP contribution in [0.25, 0.3) is 39.0 Å². The number of pyridine rings is 1. The minimum absolute atomic E-state index is 0.0427. The van der Waals surface area contributed by atoms with Crippen molar-refractivity contribution in [3.8, 4) is 28.9 Å². The van der Waals surface area contributed by atoms with E-state index in [4.69, 9.17) is 19.2 Å². The van der Waals surface area contributed by atoms with E-state index in [-0.39, 0.29) is 63.9 Å². The minimum Gasteiger partial charge on any atom is -0.508 e. The number of halogens is 3. The summed E-state index contributed by atoms with van der Waals surface area (Å²) in [4.78, 5) is 17.8. The zero-order chi connectivity index (χ0) is 30.3. The summed E-state index contributed by atoms with van der Waals surface area (Å²) in [5.41, 5.74) is 0.0162. The number of benzene rings is 2. The van der Waals surface area contributed by atoms with Crippen LogP contribution < -0.4 is 14.4 Å². The molecule has 4 aliphatic heterocycles. The Morgan fingerprint density at radius 3 is 2.82 bits per heavy atom. The average Bonchev–Trinajstić information content (AvgIpc) is 3.42. The third kappa shape index (κ3) is 4.18. The van der Waals surface area contributed by atoms with E-state index in [9.17, 15) is 13.9 Å². The zero-order valence-corrected chi connectivity index (χ0v) is 24.0. The molecule has 44 heavy (non-hydrogen) atoms. The number of nitrogens with zero attached hydrogens (tertiary/aromatic N) is 5. The monoisotopic (exact) mass is 605 g/mol. The molecule has 0 amide bonds. The number of hydrogen-bond acceptors (Lipinski definition) is 9. The third-order valence-electron chi connectivity index (χ3n) is 9.36. The lowest BCUT2D eigenvalue weighted by molar-refractivity contribution is -0.0989. The molecule has 3 fully saturated rings. The maximum Gasteiger partial charge on any atom is 0.320 e. The van der Waals surface area contributed by atoms with Crippen LogP contribution in [0.4, 0.5) is 19.0 Å². The number of anilines is 1. The van der Waals surface area contributed by atoms with E-state index < -0.39 is 30.1 Å². The molecule has 3 saturated heterocycles. The highest BCUT2D eigenvalue weighted by atomic mass is 19.1. The van der Waals surface area contributed by atoms with Gasteiger partial charge in [0.25, 0.3) is 0 Å². The van der Waals surface area contributed by atoms with Gasteiger partial charge in [-0.05, 0) is 42.8 Å². The maximum atomic E-state index is 16.9. The van der Waals surface area contributed by atoms with Gasteiger partial charge in [0.1, 0.15) is 46.3 Å². The lowest BCUT2D eigenvalue weighted by atomic mass is 9.86. The van der Waals surface area contributed by atoms with Gasteiger partial charge in [0.15, 0.2) is 12.0 Å². The summed E-state index contributed by atoms with van der Waals surface area (Å²) in [6.45, 7) is 5.36. The number of rotatable bonds is 4. The van der Waals surface area contributed by atoms with Crippen molar-refractivity contribution in [2.24, 2.45) is 5.92 Å². The highest BCUT2D eigenvalue weighted by Gasteiger charge is 2.43. The highest BCUT2D eigenvalue weighted by Crippen LogP contribution is 2.45. The smallest absolute Gasteiger partial charge is 0.320 e. The predicted molar refractivity (Wildman–Crippen MR) is 158 cm³/mol. The Kier molecular flexibility index (Phi) is 6.35. The quantitative estimate of drug-likeness (QED) is 0.336. The van der Waals surface area contributed by atoms with Crippen molar-refractivity contribution in [2.45, 2.75) is 43.8 Å². The fourth-order valence-electron chi connectivity index (χ4n) is 7.30. The Bertz CT molecular complexity index is 1830. The third-order valence-corrected chi connectivity index (χ3v) is 9.36. The number of phenols is 1. The first-order chi connectivity index (χ1) is 21.3. The molecule has 6 heterocycles. The number of alkyl halides is 1. The van der Waals surface area contributed by atoms with Crippen LogP contribution in [0.2, 0.25) is 0 Å². The van der Waals surface area contributed by atoms with Crippen molar-refractivity contribution in [2.75, 3.05) is 38.3 Å². The van der Waals surface area contributed by atoms with Crippen molar-refractivity contribution in [1.82, 2.24) is 19.9 Å². The number of aromatic hydroxyl groups is 1. The van der Waals surface area contributed by atoms with Gasteiger partial charge in [-0.15, -0.1) is 0 Å². The largest absolute Gasteiger partial charge is 0.508 e. The zero-order valence-electron chi connectivity index (χ0n) is 24.0. The van der Waals surface area contributed by atoms with Crippen molar-refractivity contribution < 1.29 is 32.5 Å². The molecule has 4 aliphatic rings. The maximum absolute atomic E-state index is 16.9. The first kappa shape index (κ1) is 27.4. The lowest BCUT2D eigenvalue weighted by Crippen LogP contribution is -2.55. The SMILES string of the molecule is C=Cc1c(F)ccc2cc(O)cc(-c3nc4c5c(nc(OC6[C@@H]7CCCN6C[C@H](F)C7)nc5c3F)N(C)[C@H]3COC[C@@H]3O4)c12. The second kappa shape index (κ2) is 10.2. The first-order valence-corrected chi connectivity index (χ1v) is 14.8. The lowest BCUT2D eigenvalue weighted by Gasteiger charge is -2.45. The number of aromatic nitrogens is 3. The van der Waals surface area contributed by atoms with Gasteiger partial charge in [0, 0.05) is 42.6 Å². The molecule has 0 aliphatic carbocycles. The summed E-state index contributed by atoms with van der Waals surface area (Å²) in [5, 5.41) is 11.7. The standard InChI is InChI=1S/C32H30F3N5O4/c1-3-19-21(34)7-6-15-10-18(41)11-20(24(15)19)27-26(35)28-25-29(39(2)22-13-42-14-23(22)43-30(25)36-27)38-32(37-28)44-31-16-5-4-8-40(31)12-17(33)9-16/h3,6-7,10-11,16-17,22-23,31,41H,1,4-5,8-9,12-14H2,2H3/t16-,17-,22+,23+,31?/m1/s1. The molecule has 228 valence electrons. The summed E-state index contributed by atoms with van der Waals surface area (Å²) in [5.74, 6) is -1.09. The van der Waals surface area contributed by atoms with Gasteiger partial charge in [-0.3, -0.25) is 4.90 Å². The van der Waals surface area contributed by atoms with E-state index in [1.165, 1.54) is 30.3 Å². The summed E-state index contributed by atoms with van der Waals surface area (Å²) >= 11 is 0. The van der Waals surface area contributed by atoms with Crippen molar-refractivity contribution in [3.05, 3.63) is 48.0 Å². The molecule has 2 unspecified atom stereocenters. The van der Waals surface area contributed by atoms with Crippen LogP contribution in [0, 0.1) is 17.6 Å². The Balaban J connectivity index is 1.36. The average molecular weight is 606 g/mol. The van der Waals surface area contributed by atoms with E-state index >= 15 is 4.39 Å². The number of fused-ring (bicyclic) bond motifs is 4. The van der Waals surface area contributed by atoms with E-state index in [0.717, 1.165) is 12.8 Å². The Hall–Kier alpha value is -4.16.